The highest BCUT2D eigenvalue weighted by Crippen LogP contribution is 2.43. The van der Waals surface area contributed by atoms with Gasteiger partial charge in [0.2, 0.25) is 11.8 Å². The predicted octanol–water partition coefficient (Wildman–Crippen LogP) is 6.35. The highest BCUT2D eigenvalue weighted by molar-refractivity contribution is 5.90. The molecular weight excluding hydrogens is 654 g/mol. The molecule has 0 spiro atoms. The third kappa shape index (κ3) is 9.85. The minimum Gasteiger partial charge on any atom is -0.442 e. The van der Waals surface area contributed by atoms with E-state index in [2.05, 4.69) is 32.7 Å². The van der Waals surface area contributed by atoms with Crippen LogP contribution in [0, 0.1) is 0 Å². The van der Waals surface area contributed by atoms with E-state index in [1.165, 1.54) is 16.8 Å². The first-order chi connectivity index (χ1) is 25.4. The summed E-state index contributed by atoms with van der Waals surface area (Å²) in [5.74, 6) is -0.673. The summed E-state index contributed by atoms with van der Waals surface area (Å²) < 4.78 is 11.8. The molecule has 1 saturated carbocycles. The third-order valence-electron chi connectivity index (χ3n) is 9.91. The maximum Gasteiger partial charge on any atom is 0.408 e. The van der Waals surface area contributed by atoms with Gasteiger partial charge in [0.25, 0.3) is 0 Å². The van der Waals surface area contributed by atoms with Gasteiger partial charge in [-0.1, -0.05) is 116 Å². The van der Waals surface area contributed by atoms with Crippen molar-refractivity contribution < 1.29 is 23.9 Å². The summed E-state index contributed by atoms with van der Waals surface area (Å²) in [5, 5.41) is 5.93. The number of aromatic nitrogens is 2. The summed E-state index contributed by atoms with van der Waals surface area (Å²) in [6.45, 7) is 2.75. The van der Waals surface area contributed by atoms with Crippen LogP contribution in [0.25, 0.3) is 0 Å². The van der Waals surface area contributed by atoms with E-state index in [0.29, 0.717) is 25.3 Å². The fourth-order valence-corrected chi connectivity index (χ4v) is 6.72. The highest BCUT2D eigenvalue weighted by atomic mass is 16.6. The zero-order valence-corrected chi connectivity index (χ0v) is 29.6. The van der Waals surface area contributed by atoms with Crippen molar-refractivity contribution in [1.82, 2.24) is 25.5 Å². The summed E-state index contributed by atoms with van der Waals surface area (Å²) in [7, 11) is 0. The quantitative estimate of drug-likeness (QED) is 0.125. The molecule has 0 bridgehead atoms. The monoisotopic (exact) mass is 701 g/mol. The minimum absolute atomic E-state index is 0.107. The number of hydrogen-bond donors (Lipinski definition) is 3. The van der Waals surface area contributed by atoms with Crippen molar-refractivity contribution in [3.63, 3.8) is 0 Å². The number of hydrogen-bond acceptors (Lipinski definition) is 6. The number of imidazole rings is 1. The molecule has 3 amide bonds. The topological polar surface area (TPSA) is 126 Å². The van der Waals surface area contributed by atoms with Crippen LogP contribution in [0.15, 0.2) is 127 Å². The smallest absolute Gasteiger partial charge is 0.408 e. The van der Waals surface area contributed by atoms with E-state index in [4.69, 9.17) is 9.47 Å². The van der Waals surface area contributed by atoms with Crippen molar-refractivity contribution in [2.24, 2.45) is 0 Å². The molecule has 3 atom stereocenters. The molecule has 2 aliphatic carbocycles. The highest BCUT2D eigenvalue weighted by Gasteiger charge is 2.39. The number of nitrogens with zero attached hydrogens (tertiary/aromatic N) is 2. The first kappa shape index (κ1) is 36.3. The van der Waals surface area contributed by atoms with Gasteiger partial charge in [0, 0.05) is 36.8 Å². The Morgan fingerprint density at radius 2 is 1.69 bits per heavy atom. The number of alkyl carbamates (subject to hydrolysis) is 1. The van der Waals surface area contributed by atoms with Gasteiger partial charge >= 0.3 is 6.09 Å². The summed E-state index contributed by atoms with van der Waals surface area (Å²) in [6.07, 6.45) is 11.6. The summed E-state index contributed by atoms with van der Waals surface area (Å²) in [6, 6.07) is 28.6. The van der Waals surface area contributed by atoms with Crippen molar-refractivity contribution in [3.05, 3.63) is 150 Å². The normalized spacial score (nSPS) is 17.2. The standard InChI is InChI=1S/C42H47N5O5/c1-31(34-14-7-3-8-15-34)52-41(50)46-38(24-36-25-43-30-45-36)40(49)47(26-32-18-20-37(21-19-32)51-28-33-12-5-2-6-13-33)27-39(48)44-29-42(22-11-23-42)35-16-9-4-10-17-35/h2-10,12-20,25,30-31,37-38H,11,21-24,26-29H2,1H3,(H,43,45)(H,44,48)(H,46,50)/t31?,37?,38-/m0/s1. The minimum atomic E-state index is -1.03. The van der Waals surface area contributed by atoms with E-state index in [1.807, 2.05) is 97.1 Å². The van der Waals surface area contributed by atoms with Gasteiger partial charge in [-0.15, -0.1) is 0 Å². The lowest BCUT2D eigenvalue weighted by Gasteiger charge is -2.42. The lowest BCUT2D eigenvalue weighted by atomic mass is 9.64. The molecule has 3 aromatic carbocycles. The lowest BCUT2D eigenvalue weighted by Crippen LogP contribution is -2.53. The Bertz CT molecular complexity index is 1810. The molecule has 1 fully saturated rings. The van der Waals surface area contributed by atoms with Gasteiger partial charge in [-0.3, -0.25) is 9.59 Å². The van der Waals surface area contributed by atoms with Crippen LogP contribution in [0.2, 0.25) is 0 Å². The van der Waals surface area contributed by atoms with Crippen molar-refractivity contribution in [3.8, 4) is 0 Å². The molecule has 52 heavy (non-hydrogen) atoms. The Balaban J connectivity index is 1.16. The molecule has 0 saturated heterocycles. The van der Waals surface area contributed by atoms with Crippen LogP contribution in [-0.4, -0.2) is 64.6 Å². The van der Waals surface area contributed by atoms with Crippen molar-refractivity contribution in [2.75, 3.05) is 19.6 Å². The Morgan fingerprint density at radius 1 is 0.981 bits per heavy atom. The Labute approximate surface area is 305 Å². The molecule has 1 aromatic heterocycles. The first-order valence-electron chi connectivity index (χ1n) is 18.0. The van der Waals surface area contributed by atoms with Crippen molar-refractivity contribution >= 4 is 17.9 Å². The van der Waals surface area contributed by atoms with Crippen LogP contribution in [0.4, 0.5) is 4.79 Å². The van der Waals surface area contributed by atoms with E-state index < -0.39 is 24.1 Å². The zero-order valence-electron chi connectivity index (χ0n) is 29.6. The van der Waals surface area contributed by atoms with Gasteiger partial charge in [0.1, 0.15) is 12.1 Å². The van der Waals surface area contributed by atoms with E-state index >= 15 is 0 Å². The maximum atomic E-state index is 14.4. The molecule has 4 aromatic rings. The zero-order chi connectivity index (χ0) is 36.2. The number of amides is 3. The Morgan fingerprint density at radius 3 is 2.33 bits per heavy atom. The summed E-state index contributed by atoms with van der Waals surface area (Å²) in [4.78, 5) is 50.0. The largest absolute Gasteiger partial charge is 0.442 e. The second-order valence-corrected chi connectivity index (χ2v) is 13.6. The molecular formula is C42H47N5O5. The SMILES string of the molecule is CC(OC(=O)N[C@@H](Cc1cnc[nH]1)C(=O)N(CC(=O)NCC1(c2ccccc2)CCC1)CC1=CCC(OCc2ccccc2)C=C1)c1ccccc1. The van der Waals surface area contributed by atoms with Crippen LogP contribution in [0.3, 0.4) is 0 Å². The van der Waals surface area contributed by atoms with E-state index in [1.54, 1.807) is 13.1 Å². The van der Waals surface area contributed by atoms with E-state index in [9.17, 15) is 14.4 Å². The molecule has 3 N–H and O–H groups in total. The van der Waals surface area contributed by atoms with Gasteiger partial charge in [0.05, 0.1) is 25.6 Å². The number of benzene rings is 3. The lowest BCUT2D eigenvalue weighted by molar-refractivity contribution is -0.137. The van der Waals surface area contributed by atoms with Gasteiger partial charge in [-0.05, 0) is 48.4 Å². The maximum absolute atomic E-state index is 14.4. The molecule has 0 radical (unpaired) electrons. The first-order valence-corrected chi connectivity index (χ1v) is 18.0. The molecule has 1 heterocycles. The van der Waals surface area contributed by atoms with Gasteiger partial charge in [0.15, 0.2) is 0 Å². The van der Waals surface area contributed by atoms with Crippen LogP contribution in [-0.2, 0) is 37.5 Å². The molecule has 0 aliphatic heterocycles. The number of ether oxygens (including phenoxy) is 2. The number of rotatable bonds is 16. The van der Waals surface area contributed by atoms with Gasteiger partial charge in [-0.2, -0.15) is 0 Å². The second-order valence-electron chi connectivity index (χ2n) is 13.6. The summed E-state index contributed by atoms with van der Waals surface area (Å²) in [5.41, 5.74) is 4.55. The van der Waals surface area contributed by atoms with Gasteiger partial charge in [-0.25, -0.2) is 9.78 Å². The average molecular weight is 702 g/mol. The Hall–Kier alpha value is -5.48. The van der Waals surface area contributed by atoms with E-state index in [-0.39, 0.29) is 36.9 Å². The molecule has 2 aliphatic rings. The second kappa shape index (κ2) is 17.6. The van der Waals surface area contributed by atoms with Crippen LogP contribution < -0.4 is 10.6 Å². The molecule has 2 unspecified atom stereocenters. The number of carbonyl (C=O) groups excluding carboxylic acids is 3. The number of aromatic amines is 1. The Kier molecular flexibility index (Phi) is 12.3. The van der Waals surface area contributed by atoms with Crippen molar-refractivity contribution in [2.45, 2.75) is 69.3 Å². The fourth-order valence-electron chi connectivity index (χ4n) is 6.72. The molecule has 10 nitrogen and oxygen atoms in total. The molecule has 10 heteroatoms. The van der Waals surface area contributed by atoms with E-state index in [0.717, 1.165) is 36.0 Å². The fraction of sp³-hybridized carbons (Fsp3) is 0.333. The predicted molar refractivity (Wildman–Crippen MR) is 199 cm³/mol. The van der Waals surface area contributed by atoms with Crippen LogP contribution in [0.5, 0.6) is 0 Å². The molecule has 6 rings (SSSR count). The average Bonchev–Trinajstić information content (AvgIpc) is 3.68. The van der Waals surface area contributed by atoms with Crippen LogP contribution in [0.1, 0.15) is 61.1 Å². The number of H-pyrrole nitrogens is 1. The molecule has 270 valence electrons. The number of nitrogens with one attached hydrogen (secondary N) is 3. The van der Waals surface area contributed by atoms with Crippen molar-refractivity contribution in [1.29, 1.82) is 0 Å². The summed E-state index contributed by atoms with van der Waals surface area (Å²) >= 11 is 0. The van der Waals surface area contributed by atoms with Gasteiger partial charge < -0.3 is 30.0 Å². The van der Waals surface area contributed by atoms with Crippen LogP contribution >= 0.6 is 0 Å². The third-order valence-corrected chi connectivity index (χ3v) is 9.91. The number of carbonyl (C=O) groups is 3.